The van der Waals surface area contributed by atoms with Gasteiger partial charge in [0.25, 0.3) is 0 Å². The number of nitrogens with zero attached hydrogens (tertiary/aromatic N) is 3. The molecule has 2 heterocycles. The number of hydrogen-bond acceptors (Lipinski definition) is 5. The number of hydrogen-bond donors (Lipinski definition) is 0. The fourth-order valence-electron chi connectivity index (χ4n) is 3.39. The highest BCUT2D eigenvalue weighted by molar-refractivity contribution is 8.03. The summed E-state index contributed by atoms with van der Waals surface area (Å²) in [5, 5.41) is 18.3. The number of rotatable bonds is 4. The minimum atomic E-state index is 0.0841. The van der Waals surface area contributed by atoms with Crippen molar-refractivity contribution in [1.82, 2.24) is 0 Å². The first kappa shape index (κ1) is 20.6. The Morgan fingerprint density at radius 3 is 2.48 bits per heavy atom. The van der Waals surface area contributed by atoms with Crippen LogP contribution in [0.2, 0.25) is 0 Å². The van der Waals surface area contributed by atoms with Crippen molar-refractivity contribution in [1.29, 1.82) is 10.5 Å². The van der Waals surface area contributed by atoms with E-state index in [1.807, 2.05) is 25.1 Å². The molecule has 0 amide bonds. The second-order valence-corrected chi connectivity index (χ2v) is 7.90. The molecule has 0 unspecified atom stereocenters. The lowest BCUT2D eigenvalue weighted by Crippen LogP contribution is -2.21. The van der Waals surface area contributed by atoms with Gasteiger partial charge in [-0.05, 0) is 75.3 Å². The first-order valence-electron chi connectivity index (χ1n) is 9.58. The van der Waals surface area contributed by atoms with Gasteiger partial charge >= 0.3 is 0 Å². The Hall–Kier alpha value is -3.15. The van der Waals surface area contributed by atoms with Crippen LogP contribution in [0.25, 0.3) is 5.57 Å². The molecule has 0 atom stereocenters. The van der Waals surface area contributed by atoms with Gasteiger partial charge in [-0.3, -0.25) is 0 Å². The largest absolute Gasteiger partial charge is 0.462 e. The second-order valence-electron chi connectivity index (χ2n) is 6.79. The summed E-state index contributed by atoms with van der Waals surface area (Å²) in [7, 11) is 0. The van der Waals surface area contributed by atoms with E-state index in [2.05, 4.69) is 49.9 Å². The van der Waals surface area contributed by atoms with Crippen molar-refractivity contribution in [2.45, 2.75) is 32.6 Å². The molecule has 1 aromatic rings. The van der Waals surface area contributed by atoms with Crippen LogP contribution in [0.1, 0.15) is 33.3 Å². The van der Waals surface area contributed by atoms with Crippen LogP contribution in [0.5, 0.6) is 0 Å². The molecule has 146 valence electrons. The van der Waals surface area contributed by atoms with Gasteiger partial charge in [-0.2, -0.15) is 10.5 Å². The molecular weight excluding hydrogens is 378 g/mol. The predicted molar refractivity (Wildman–Crippen MR) is 119 cm³/mol. The molecule has 0 spiro atoms. The zero-order valence-corrected chi connectivity index (χ0v) is 17.9. The fraction of sp³-hybridized carbons (Fsp3) is 0.250. The van der Waals surface area contributed by atoms with Crippen molar-refractivity contribution in [3.63, 3.8) is 0 Å². The lowest BCUT2D eigenvalue weighted by atomic mass is 10.0. The summed E-state index contributed by atoms with van der Waals surface area (Å²) in [5.41, 5.74) is 4.33. The van der Waals surface area contributed by atoms with Gasteiger partial charge in [-0.1, -0.05) is 17.8 Å². The predicted octanol–water partition coefficient (Wildman–Crippen LogP) is 6.09. The maximum absolute atomic E-state index is 9.16. The maximum atomic E-state index is 9.16. The normalized spacial score (nSPS) is 16.6. The number of anilines is 1. The molecule has 0 radical (unpaired) electrons. The molecule has 0 aromatic heterocycles. The van der Waals surface area contributed by atoms with Crippen molar-refractivity contribution in [2.75, 3.05) is 18.0 Å². The zero-order chi connectivity index (χ0) is 21.0. The van der Waals surface area contributed by atoms with Crippen molar-refractivity contribution >= 4 is 23.0 Å². The van der Waals surface area contributed by atoms with Crippen LogP contribution in [-0.2, 0) is 4.74 Å². The Bertz CT molecular complexity index is 1050. The number of nitriles is 2. The van der Waals surface area contributed by atoms with E-state index in [1.54, 1.807) is 23.9 Å². The molecule has 29 heavy (non-hydrogen) atoms. The van der Waals surface area contributed by atoms with Crippen LogP contribution in [-0.4, -0.2) is 13.1 Å². The Balaban J connectivity index is 1.97. The Labute approximate surface area is 176 Å². The van der Waals surface area contributed by atoms with Gasteiger partial charge in [-0.15, -0.1) is 0 Å². The molecule has 3 rings (SSSR count). The van der Waals surface area contributed by atoms with Gasteiger partial charge in [0.1, 0.15) is 29.2 Å². The Kier molecular flexibility index (Phi) is 6.32. The highest BCUT2D eigenvalue weighted by atomic mass is 32.2. The van der Waals surface area contributed by atoms with Crippen LogP contribution in [0.4, 0.5) is 5.69 Å². The third-order valence-corrected chi connectivity index (χ3v) is 5.87. The topological polar surface area (TPSA) is 60.0 Å². The maximum Gasteiger partial charge on any atom is 0.137 e. The second kappa shape index (κ2) is 8.90. The van der Waals surface area contributed by atoms with Crippen LogP contribution in [0, 0.1) is 22.7 Å². The van der Waals surface area contributed by atoms with E-state index in [1.165, 1.54) is 21.7 Å². The van der Waals surface area contributed by atoms with E-state index in [0.29, 0.717) is 17.1 Å². The molecule has 2 aliphatic heterocycles. The number of fused-ring (bicyclic) bond motifs is 1. The van der Waals surface area contributed by atoms with Crippen LogP contribution in [0.15, 0.2) is 75.0 Å². The summed E-state index contributed by atoms with van der Waals surface area (Å²) in [4.78, 5) is 4.61. The minimum Gasteiger partial charge on any atom is -0.462 e. The molecule has 0 N–H and O–H groups in total. The van der Waals surface area contributed by atoms with Gasteiger partial charge in [0.15, 0.2) is 0 Å². The highest BCUT2D eigenvalue weighted by Gasteiger charge is 2.17. The molecule has 4 nitrogen and oxygen atoms in total. The summed E-state index contributed by atoms with van der Waals surface area (Å²) in [6.07, 6.45) is 7.56. The van der Waals surface area contributed by atoms with Crippen LogP contribution in [0.3, 0.4) is 0 Å². The van der Waals surface area contributed by atoms with Gasteiger partial charge in [-0.25, -0.2) is 0 Å². The van der Waals surface area contributed by atoms with Crippen molar-refractivity contribution in [3.05, 3.63) is 75.6 Å². The third-order valence-electron chi connectivity index (χ3n) is 4.84. The van der Waals surface area contributed by atoms with Gasteiger partial charge in [0.2, 0.25) is 0 Å². The third kappa shape index (κ3) is 4.47. The molecule has 0 aliphatic carbocycles. The first-order valence-corrected chi connectivity index (χ1v) is 10.4. The molecule has 0 bridgehead atoms. The SMILES string of the molecule is CCN(CC)c1ccc2c(c1)SC(=CC1=CC(=C(C#N)C#N)C=C(C)O1)C=C2C. The molecular formula is C24H23N3OS. The summed E-state index contributed by atoms with van der Waals surface area (Å²) in [5.74, 6) is 1.28. The minimum absolute atomic E-state index is 0.0841. The van der Waals surface area contributed by atoms with Gasteiger partial charge < -0.3 is 9.64 Å². The number of allylic oxidation sites excluding steroid dienone is 8. The highest BCUT2D eigenvalue weighted by Crippen LogP contribution is 2.42. The number of ether oxygens (including phenoxy) is 1. The van der Waals surface area contributed by atoms with E-state index in [0.717, 1.165) is 18.0 Å². The van der Waals surface area contributed by atoms with Crippen molar-refractivity contribution in [2.24, 2.45) is 0 Å². The summed E-state index contributed by atoms with van der Waals surface area (Å²) in [6, 6.07) is 10.5. The zero-order valence-electron chi connectivity index (χ0n) is 17.1. The smallest absolute Gasteiger partial charge is 0.137 e. The molecule has 0 saturated carbocycles. The van der Waals surface area contributed by atoms with Crippen LogP contribution >= 0.6 is 11.8 Å². The van der Waals surface area contributed by atoms with E-state index >= 15 is 0 Å². The van der Waals surface area contributed by atoms with Gasteiger partial charge in [0.05, 0.1) is 0 Å². The quantitative estimate of drug-likeness (QED) is 0.572. The van der Waals surface area contributed by atoms with E-state index in [-0.39, 0.29) is 5.57 Å². The lowest BCUT2D eigenvalue weighted by molar-refractivity contribution is 0.317. The average molecular weight is 402 g/mol. The average Bonchev–Trinajstić information content (AvgIpc) is 2.69. The lowest BCUT2D eigenvalue weighted by Gasteiger charge is -2.24. The monoisotopic (exact) mass is 401 g/mol. The van der Waals surface area contributed by atoms with Crippen molar-refractivity contribution < 1.29 is 4.74 Å². The standard InChI is InChI=1S/C24H23N3OS/c1-5-27(6-2)20-7-8-23-16(3)9-22(29-24(23)12-20)13-21-11-18(10-17(4)28-21)19(14-25)15-26/h7-13H,5-6H2,1-4H3. The van der Waals surface area contributed by atoms with E-state index in [9.17, 15) is 0 Å². The van der Waals surface area contributed by atoms with Gasteiger partial charge in [0, 0.05) is 34.2 Å². The number of benzene rings is 1. The Morgan fingerprint density at radius 1 is 1.10 bits per heavy atom. The Morgan fingerprint density at radius 2 is 1.83 bits per heavy atom. The van der Waals surface area contributed by atoms with E-state index in [4.69, 9.17) is 15.3 Å². The molecule has 2 aliphatic rings. The summed E-state index contributed by atoms with van der Waals surface area (Å²) < 4.78 is 5.82. The summed E-state index contributed by atoms with van der Waals surface area (Å²) in [6.45, 7) is 10.2. The summed E-state index contributed by atoms with van der Waals surface area (Å²) >= 11 is 1.70. The van der Waals surface area contributed by atoms with Crippen molar-refractivity contribution in [3.8, 4) is 12.1 Å². The molecule has 0 saturated heterocycles. The number of thioether (sulfide) groups is 1. The van der Waals surface area contributed by atoms with Crippen LogP contribution < -0.4 is 4.90 Å². The van der Waals surface area contributed by atoms with E-state index < -0.39 is 0 Å². The fourth-order valence-corrected chi connectivity index (χ4v) is 4.58. The first-order chi connectivity index (χ1) is 14.0. The molecule has 5 heteroatoms. The molecule has 1 aromatic carbocycles. The molecule has 0 fully saturated rings.